The highest BCUT2D eigenvalue weighted by atomic mass is 16.5. The molecule has 0 spiro atoms. The fourth-order valence-corrected chi connectivity index (χ4v) is 0.254. The monoisotopic (exact) mass is 202 g/mol. The van der Waals surface area contributed by atoms with Crippen molar-refractivity contribution in [3.8, 4) is 0 Å². The van der Waals surface area contributed by atoms with Crippen molar-refractivity contribution < 1.29 is 14.3 Å². The van der Waals surface area contributed by atoms with Crippen LogP contribution in [0.1, 0.15) is 13.8 Å². The summed E-state index contributed by atoms with van der Waals surface area (Å²) in [5, 5.41) is 0. The Bertz CT molecular complexity index is 186. The van der Waals surface area contributed by atoms with Crippen LogP contribution in [0.4, 0.5) is 4.79 Å². The summed E-state index contributed by atoms with van der Waals surface area (Å²) < 4.78 is 4.56. The van der Waals surface area contributed by atoms with Crippen LogP contribution in [0.5, 0.6) is 0 Å². The SMILES string of the molecule is C=C.C=C(C)C(=O)OCC.NC(N)=O. The van der Waals surface area contributed by atoms with Crippen molar-refractivity contribution in [1.82, 2.24) is 0 Å². The van der Waals surface area contributed by atoms with Gasteiger partial charge in [0.15, 0.2) is 0 Å². The number of carbonyl (C=O) groups excluding carboxylic acids is 2. The molecule has 0 aliphatic rings. The summed E-state index contributed by atoms with van der Waals surface area (Å²) in [6.07, 6.45) is 0. The maximum atomic E-state index is 10.4. The van der Waals surface area contributed by atoms with Gasteiger partial charge in [-0.2, -0.15) is 0 Å². The molecule has 0 unspecified atom stereocenters. The van der Waals surface area contributed by atoms with Crippen LogP contribution in [0, 0.1) is 0 Å². The molecule has 0 aliphatic carbocycles. The van der Waals surface area contributed by atoms with Crippen LogP contribution in [0.25, 0.3) is 0 Å². The quantitative estimate of drug-likeness (QED) is 0.396. The Morgan fingerprint density at radius 2 is 1.57 bits per heavy atom. The average Bonchev–Trinajstić information content (AvgIpc) is 2.07. The Morgan fingerprint density at radius 3 is 1.64 bits per heavy atom. The normalized spacial score (nSPS) is 6.71. The van der Waals surface area contributed by atoms with Crippen molar-refractivity contribution in [2.24, 2.45) is 11.5 Å². The number of primary amides is 2. The van der Waals surface area contributed by atoms with Gasteiger partial charge in [-0.15, -0.1) is 13.2 Å². The summed E-state index contributed by atoms with van der Waals surface area (Å²) >= 11 is 0. The predicted molar refractivity (Wildman–Crippen MR) is 56.5 cm³/mol. The number of carbonyl (C=O) groups is 2. The summed E-state index contributed by atoms with van der Waals surface area (Å²) in [5.41, 5.74) is 8.95. The zero-order chi connectivity index (χ0) is 12.1. The third-order valence-corrected chi connectivity index (χ3v) is 0.624. The molecule has 14 heavy (non-hydrogen) atoms. The van der Waals surface area contributed by atoms with Crippen LogP contribution in [0.15, 0.2) is 25.3 Å². The van der Waals surface area contributed by atoms with E-state index < -0.39 is 6.03 Å². The number of ether oxygens (including phenoxy) is 1. The van der Waals surface area contributed by atoms with E-state index in [4.69, 9.17) is 4.79 Å². The second kappa shape index (κ2) is 13.8. The van der Waals surface area contributed by atoms with Crippen LogP contribution >= 0.6 is 0 Å². The highest BCUT2D eigenvalue weighted by Gasteiger charge is 1.98. The third-order valence-electron chi connectivity index (χ3n) is 0.624. The zero-order valence-corrected chi connectivity index (χ0v) is 8.71. The van der Waals surface area contributed by atoms with Gasteiger partial charge in [-0.05, 0) is 13.8 Å². The second-order valence-corrected chi connectivity index (χ2v) is 1.90. The first-order chi connectivity index (χ1) is 6.41. The molecule has 0 aliphatic heterocycles. The molecule has 0 atom stereocenters. The Hall–Kier alpha value is -1.78. The van der Waals surface area contributed by atoms with Gasteiger partial charge in [-0.3, -0.25) is 0 Å². The summed E-state index contributed by atoms with van der Waals surface area (Å²) in [6, 6.07) is -0.833. The van der Waals surface area contributed by atoms with E-state index in [9.17, 15) is 4.79 Å². The average molecular weight is 202 g/mol. The fourth-order valence-electron chi connectivity index (χ4n) is 0.254. The Labute approximate surface area is 84.4 Å². The molecule has 2 amide bonds. The Morgan fingerprint density at radius 1 is 1.29 bits per heavy atom. The van der Waals surface area contributed by atoms with Gasteiger partial charge in [0.25, 0.3) is 0 Å². The molecule has 0 aromatic heterocycles. The fraction of sp³-hybridized carbons (Fsp3) is 0.333. The van der Waals surface area contributed by atoms with E-state index in [0.717, 1.165) is 0 Å². The van der Waals surface area contributed by atoms with Gasteiger partial charge in [-0.25, -0.2) is 9.59 Å². The lowest BCUT2D eigenvalue weighted by molar-refractivity contribution is -0.138. The molecule has 0 radical (unpaired) electrons. The lowest BCUT2D eigenvalue weighted by atomic mass is 10.4. The molecule has 4 N–H and O–H groups in total. The summed E-state index contributed by atoms with van der Waals surface area (Å²) in [5.74, 6) is -0.312. The molecule has 0 saturated carbocycles. The van der Waals surface area contributed by atoms with Gasteiger partial charge in [0.2, 0.25) is 0 Å². The van der Waals surface area contributed by atoms with Crippen molar-refractivity contribution in [2.75, 3.05) is 6.61 Å². The number of esters is 1. The number of hydrogen-bond donors (Lipinski definition) is 2. The smallest absolute Gasteiger partial charge is 0.333 e. The number of rotatable bonds is 2. The first-order valence-corrected chi connectivity index (χ1v) is 3.79. The molecule has 0 saturated heterocycles. The standard InChI is InChI=1S/C6H10O2.C2H4.CH4N2O/c1-4-8-6(7)5(2)3;1-2;2-1(3)4/h2,4H2,1,3H3;1-2H2;(H4,2,3,4). The lowest BCUT2D eigenvalue weighted by Gasteiger charge is -1.96. The Balaban J connectivity index is -0.000000170. The molecule has 5 heteroatoms. The van der Waals surface area contributed by atoms with E-state index in [1.54, 1.807) is 13.8 Å². The first-order valence-electron chi connectivity index (χ1n) is 3.79. The Kier molecular flexibility index (Phi) is 17.8. The highest BCUT2D eigenvalue weighted by molar-refractivity contribution is 5.86. The van der Waals surface area contributed by atoms with Crippen LogP contribution in [0.3, 0.4) is 0 Å². The largest absolute Gasteiger partial charge is 0.463 e. The van der Waals surface area contributed by atoms with E-state index in [-0.39, 0.29) is 5.97 Å². The van der Waals surface area contributed by atoms with E-state index in [2.05, 4.69) is 35.9 Å². The molecule has 82 valence electrons. The molecule has 0 bridgehead atoms. The van der Waals surface area contributed by atoms with E-state index in [1.807, 2.05) is 0 Å². The van der Waals surface area contributed by atoms with Gasteiger partial charge >= 0.3 is 12.0 Å². The first kappa shape index (κ1) is 18.1. The number of urea groups is 1. The van der Waals surface area contributed by atoms with Crippen molar-refractivity contribution in [1.29, 1.82) is 0 Å². The maximum Gasteiger partial charge on any atom is 0.333 e. The second-order valence-electron chi connectivity index (χ2n) is 1.90. The number of nitrogens with two attached hydrogens (primary N) is 2. The number of hydrogen-bond acceptors (Lipinski definition) is 3. The molecule has 0 aromatic rings. The van der Waals surface area contributed by atoms with E-state index in [0.29, 0.717) is 12.2 Å². The molecular formula is C9H18N2O3. The minimum Gasteiger partial charge on any atom is -0.463 e. The van der Waals surface area contributed by atoms with Crippen molar-refractivity contribution >= 4 is 12.0 Å². The lowest BCUT2D eigenvalue weighted by Crippen LogP contribution is -2.18. The van der Waals surface area contributed by atoms with Crippen LogP contribution in [0.2, 0.25) is 0 Å². The zero-order valence-electron chi connectivity index (χ0n) is 8.71. The van der Waals surface area contributed by atoms with Crippen molar-refractivity contribution in [2.45, 2.75) is 13.8 Å². The van der Waals surface area contributed by atoms with Gasteiger partial charge in [0.05, 0.1) is 6.61 Å². The highest BCUT2D eigenvalue weighted by Crippen LogP contribution is 1.89. The minimum atomic E-state index is -0.833. The number of amides is 2. The molecule has 0 heterocycles. The van der Waals surface area contributed by atoms with Crippen molar-refractivity contribution in [3.05, 3.63) is 25.3 Å². The summed E-state index contributed by atoms with van der Waals surface area (Å²) in [7, 11) is 0. The van der Waals surface area contributed by atoms with E-state index in [1.165, 1.54) is 0 Å². The van der Waals surface area contributed by atoms with Gasteiger partial charge in [0, 0.05) is 5.57 Å². The summed E-state index contributed by atoms with van der Waals surface area (Å²) in [4.78, 5) is 19.4. The maximum absolute atomic E-state index is 10.4. The van der Waals surface area contributed by atoms with Crippen LogP contribution in [-0.2, 0) is 9.53 Å². The van der Waals surface area contributed by atoms with Gasteiger partial charge in [0.1, 0.15) is 0 Å². The van der Waals surface area contributed by atoms with Crippen LogP contribution in [-0.4, -0.2) is 18.6 Å². The molecule has 0 fully saturated rings. The third kappa shape index (κ3) is 31.9. The minimum absolute atomic E-state index is 0.312. The van der Waals surface area contributed by atoms with Gasteiger partial charge < -0.3 is 16.2 Å². The van der Waals surface area contributed by atoms with Gasteiger partial charge in [-0.1, -0.05) is 6.58 Å². The summed E-state index contributed by atoms with van der Waals surface area (Å²) in [6.45, 7) is 13.2. The predicted octanol–water partition coefficient (Wildman–Crippen LogP) is 0.952. The molecule has 0 rings (SSSR count). The van der Waals surface area contributed by atoms with Crippen LogP contribution < -0.4 is 11.5 Å². The van der Waals surface area contributed by atoms with Crippen molar-refractivity contribution in [3.63, 3.8) is 0 Å². The topological polar surface area (TPSA) is 95.4 Å². The molecular weight excluding hydrogens is 184 g/mol. The van der Waals surface area contributed by atoms with E-state index >= 15 is 0 Å². The molecule has 0 aromatic carbocycles. The molecule has 5 nitrogen and oxygen atoms in total.